The van der Waals surface area contributed by atoms with Crippen LogP contribution in [-0.2, 0) is 0 Å². The zero-order valence-corrected chi connectivity index (χ0v) is 11.3. The average molecular weight is 316 g/mol. The van der Waals surface area contributed by atoms with Gasteiger partial charge in [-0.15, -0.1) is 0 Å². The Morgan fingerprint density at radius 2 is 2.06 bits per heavy atom. The largest absolute Gasteiger partial charge is 0.487 e. The van der Waals surface area contributed by atoms with E-state index in [0.29, 0.717) is 10.2 Å². The molecule has 1 fully saturated rings. The number of nitrogens with zero attached hydrogens (tertiary/aromatic N) is 1. The lowest BCUT2D eigenvalue weighted by Crippen LogP contribution is -2.34. The maximum absolute atomic E-state index is 10.7. The number of halogens is 1. The first kappa shape index (κ1) is 13.3. The minimum atomic E-state index is -0.489. The van der Waals surface area contributed by atoms with E-state index in [1.165, 1.54) is 12.1 Å². The number of hydrogen-bond acceptors (Lipinski definition) is 4. The minimum absolute atomic E-state index is 0.0234. The lowest BCUT2D eigenvalue weighted by atomic mass is 9.95. The molecule has 1 N–H and O–H groups in total. The molecule has 6 heteroatoms. The van der Waals surface area contributed by atoms with Crippen LogP contribution in [0, 0.1) is 10.1 Å². The van der Waals surface area contributed by atoms with Gasteiger partial charge in [0.15, 0.2) is 0 Å². The molecular weight excluding hydrogens is 302 g/mol. The molecule has 98 valence electrons. The third-order valence-electron chi connectivity index (χ3n) is 3.02. The lowest BCUT2D eigenvalue weighted by molar-refractivity contribution is -0.385. The molecule has 2 atom stereocenters. The molecule has 2 rings (SSSR count). The average Bonchev–Trinajstić information content (AvgIpc) is 2.31. The van der Waals surface area contributed by atoms with E-state index in [2.05, 4.69) is 15.9 Å². The first-order chi connectivity index (χ1) is 8.56. The predicted molar refractivity (Wildman–Crippen MR) is 69.7 cm³/mol. The van der Waals surface area contributed by atoms with E-state index >= 15 is 0 Å². The van der Waals surface area contributed by atoms with Gasteiger partial charge in [-0.2, -0.15) is 0 Å². The fourth-order valence-corrected chi connectivity index (χ4v) is 2.57. The normalized spacial score (nSPS) is 23.7. The summed E-state index contributed by atoms with van der Waals surface area (Å²) < 4.78 is 6.25. The number of nitro benzene ring substituents is 1. The highest BCUT2D eigenvalue weighted by molar-refractivity contribution is 9.10. The van der Waals surface area contributed by atoms with Gasteiger partial charge in [0, 0.05) is 10.5 Å². The lowest BCUT2D eigenvalue weighted by Gasteiger charge is -2.28. The van der Waals surface area contributed by atoms with Gasteiger partial charge in [-0.25, -0.2) is 0 Å². The van der Waals surface area contributed by atoms with Gasteiger partial charge < -0.3 is 9.84 Å². The van der Waals surface area contributed by atoms with Gasteiger partial charge >= 0.3 is 0 Å². The van der Waals surface area contributed by atoms with Crippen molar-refractivity contribution in [3.05, 3.63) is 32.8 Å². The summed E-state index contributed by atoms with van der Waals surface area (Å²) in [5.74, 6) is 0.419. The Balaban J connectivity index is 2.15. The van der Waals surface area contributed by atoms with E-state index in [1.807, 2.05) is 0 Å². The summed E-state index contributed by atoms with van der Waals surface area (Å²) in [4.78, 5) is 10.3. The summed E-state index contributed by atoms with van der Waals surface area (Å²) in [5, 5.41) is 20.5. The molecule has 0 saturated heterocycles. The molecule has 1 aliphatic carbocycles. The molecule has 0 amide bonds. The Labute approximate surface area is 113 Å². The molecule has 1 aliphatic rings. The number of aliphatic hydroxyl groups is 1. The van der Waals surface area contributed by atoms with Crippen LogP contribution < -0.4 is 4.74 Å². The standard InChI is InChI=1S/C12H14BrNO4/c13-8-5-9(14(16)17)7-10(6-8)18-12-4-2-1-3-11(12)15/h5-7,11-12,15H,1-4H2. The molecule has 0 radical (unpaired) electrons. The first-order valence-electron chi connectivity index (χ1n) is 5.86. The summed E-state index contributed by atoms with van der Waals surface area (Å²) >= 11 is 3.21. The summed E-state index contributed by atoms with van der Waals surface area (Å²) in [5.41, 5.74) is -0.0234. The van der Waals surface area contributed by atoms with E-state index in [0.717, 1.165) is 25.7 Å². The monoisotopic (exact) mass is 315 g/mol. The Kier molecular flexibility index (Phi) is 4.19. The quantitative estimate of drug-likeness (QED) is 0.687. The van der Waals surface area contributed by atoms with Crippen LogP contribution in [0.3, 0.4) is 0 Å². The van der Waals surface area contributed by atoms with Crippen LogP contribution in [0.25, 0.3) is 0 Å². The van der Waals surface area contributed by atoms with Crippen molar-refractivity contribution >= 4 is 21.6 Å². The second kappa shape index (κ2) is 5.67. The van der Waals surface area contributed by atoms with Crippen molar-refractivity contribution in [2.75, 3.05) is 0 Å². The van der Waals surface area contributed by atoms with Crippen molar-refractivity contribution in [2.24, 2.45) is 0 Å². The van der Waals surface area contributed by atoms with Gasteiger partial charge in [-0.05, 0) is 25.3 Å². The number of nitro groups is 1. The van der Waals surface area contributed by atoms with Crippen LogP contribution in [-0.4, -0.2) is 22.2 Å². The third-order valence-corrected chi connectivity index (χ3v) is 3.48. The molecule has 0 aliphatic heterocycles. The smallest absolute Gasteiger partial charge is 0.274 e. The molecule has 0 bridgehead atoms. The van der Waals surface area contributed by atoms with Gasteiger partial charge in [0.25, 0.3) is 5.69 Å². The van der Waals surface area contributed by atoms with Gasteiger partial charge in [0.1, 0.15) is 11.9 Å². The Morgan fingerprint density at radius 3 is 2.72 bits per heavy atom. The molecule has 1 saturated carbocycles. The van der Waals surface area contributed by atoms with Crippen molar-refractivity contribution < 1.29 is 14.8 Å². The molecule has 5 nitrogen and oxygen atoms in total. The van der Waals surface area contributed by atoms with Crippen molar-refractivity contribution in [3.8, 4) is 5.75 Å². The van der Waals surface area contributed by atoms with Gasteiger partial charge in [0.05, 0.1) is 17.1 Å². The zero-order chi connectivity index (χ0) is 13.1. The highest BCUT2D eigenvalue weighted by Crippen LogP contribution is 2.29. The first-order valence-corrected chi connectivity index (χ1v) is 6.65. The van der Waals surface area contributed by atoms with Crippen LogP contribution in [0.4, 0.5) is 5.69 Å². The Hall–Kier alpha value is -1.14. The maximum atomic E-state index is 10.7. The number of hydrogen-bond donors (Lipinski definition) is 1. The van der Waals surface area contributed by atoms with Crippen molar-refractivity contribution in [1.29, 1.82) is 0 Å². The number of non-ortho nitro benzene ring substituents is 1. The molecule has 0 spiro atoms. The molecular formula is C12H14BrNO4. The van der Waals surface area contributed by atoms with E-state index in [1.54, 1.807) is 6.07 Å². The number of ether oxygens (including phenoxy) is 1. The molecule has 18 heavy (non-hydrogen) atoms. The molecule has 2 unspecified atom stereocenters. The van der Waals surface area contributed by atoms with Crippen LogP contribution in [0.5, 0.6) is 5.75 Å². The van der Waals surface area contributed by atoms with Crippen molar-refractivity contribution in [3.63, 3.8) is 0 Å². The highest BCUT2D eigenvalue weighted by atomic mass is 79.9. The number of benzene rings is 1. The fraction of sp³-hybridized carbons (Fsp3) is 0.500. The topological polar surface area (TPSA) is 72.6 Å². The number of aliphatic hydroxyl groups excluding tert-OH is 1. The van der Waals surface area contributed by atoms with Crippen LogP contribution in [0.1, 0.15) is 25.7 Å². The highest BCUT2D eigenvalue weighted by Gasteiger charge is 2.25. The van der Waals surface area contributed by atoms with E-state index in [4.69, 9.17) is 4.74 Å². The second-order valence-electron chi connectivity index (χ2n) is 4.41. The summed E-state index contributed by atoms with van der Waals surface area (Å²) in [7, 11) is 0. The van der Waals surface area contributed by atoms with Crippen LogP contribution in [0.2, 0.25) is 0 Å². The summed E-state index contributed by atoms with van der Waals surface area (Å²) in [6.07, 6.45) is 2.75. The summed E-state index contributed by atoms with van der Waals surface area (Å²) in [6, 6.07) is 4.48. The summed E-state index contributed by atoms with van der Waals surface area (Å²) in [6.45, 7) is 0. The molecule has 1 aromatic rings. The zero-order valence-electron chi connectivity index (χ0n) is 9.71. The maximum Gasteiger partial charge on any atom is 0.274 e. The van der Waals surface area contributed by atoms with Crippen molar-refractivity contribution in [2.45, 2.75) is 37.9 Å². The Bertz CT molecular complexity index is 452. The molecule has 0 heterocycles. The molecule has 0 aromatic heterocycles. The van der Waals surface area contributed by atoms with Gasteiger partial charge in [-0.3, -0.25) is 10.1 Å². The Morgan fingerprint density at radius 1 is 1.33 bits per heavy atom. The SMILES string of the molecule is O=[N+]([O-])c1cc(Br)cc(OC2CCCCC2O)c1. The minimum Gasteiger partial charge on any atom is -0.487 e. The van der Waals surface area contributed by atoms with Gasteiger partial charge in [0.2, 0.25) is 0 Å². The van der Waals surface area contributed by atoms with Crippen molar-refractivity contribution in [1.82, 2.24) is 0 Å². The fourth-order valence-electron chi connectivity index (χ4n) is 2.11. The third kappa shape index (κ3) is 3.20. The number of rotatable bonds is 3. The van der Waals surface area contributed by atoms with E-state index in [-0.39, 0.29) is 11.8 Å². The predicted octanol–water partition coefficient (Wildman–Crippen LogP) is 3.04. The second-order valence-corrected chi connectivity index (χ2v) is 5.33. The molecule has 1 aromatic carbocycles. The van der Waals surface area contributed by atoms with Crippen LogP contribution in [0.15, 0.2) is 22.7 Å². The van der Waals surface area contributed by atoms with Crippen LogP contribution >= 0.6 is 15.9 Å². The van der Waals surface area contributed by atoms with Gasteiger partial charge in [-0.1, -0.05) is 22.4 Å². The van der Waals surface area contributed by atoms with E-state index in [9.17, 15) is 15.2 Å². The van der Waals surface area contributed by atoms with E-state index < -0.39 is 11.0 Å².